The lowest BCUT2D eigenvalue weighted by Gasteiger charge is -2.27. The van der Waals surface area contributed by atoms with E-state index in [1.54, 1.807) is 0 Å². The fraction of sp³-hybridized carbons (Fsp3) is 1.00. The van der Waals surface area contributed by atoms with Crippen molar-refractivity contribution >= 4 is 0 Å². The van der Waals surface area contributed by atoms with Crippen molar-refractivity contribution in [3.8, 4) is 0 Å². The van der Waals surface area contributed by atoms with Crippen LogP contribution in [0.25, 0.3) is 0 Å². The summed E-state index contributed by atoms with van der Waals surface area (Å²) in [6.07, 6.45) is 7.25. The van der Waals surface area contributed by atoms with Gasteiger partial charge in [-0.05, 0) is 38.6 Å². The molecule has 1 rings (SSSR count). The SMILES string of the molecule is CCNC(CC(CC)CC)C1CCC(C)O1. The van der Waals surface area contributed by atoms with Gasteiger partial charge >= 0.3 is 0 Å². The van der Waals surface area contributed by atoms with Crippen LogP contribution in [0.5, 0.6) is 0 Å². The standard InChI is InChI=1S/C14H29NO/c1-5-12(6-2)10-13(15-7-3)14-9-8-11(4)16-14/h11-15H,5-10H2,1-4H3. The Bertz CT molecular complexity index is 180. The van der Waals surface area contributed by atoms with Crippen molar-refractivity contribution in [2.75, 3.05) is 6.54 Å². The van der Waals surface area contributed by atoms with Crippen molar-refractivity contribution < 1.29 is 4.74 Å². The van der Waals surface area contributed by atoms with Crippen LogP contribution in [0.3, 0.4) is 0 Å². The summed E-state index contributed by atoms with van der Waals surface area (Å²) >= 11 is 0. The molecule has 1 heterocycles. The predicted octanol–water partition coefficient (Wildman–Crippen LogP) is 3.36. The van der Waals surface area contributed by atoms with Gasteiger partial charge in [0.1, 0.15) is 0 Å². The lowest BCUT2D eigenvalue weighted by atomic mass is 9.91. The normalized spacial score (nSPS) is 27.6. The highest BCUT2D eigenvalue weighted by Gasteiger charge is 2.30. The summed E-state index contributed by atoms with van der Waals surface area (Å²) < 4.78 is 6.00. The molecule has 3 unspecified atom stereocenters. The van der Waals surface area contributed by atoms with E-state index in [4.69, 9.17) is 4.74 Å². The predicted molar refractivity (Wildman–Crippen MR) is 69.7 cm³/mol. The van der Waals surface area contributed by atoms with Gasteiger partial charge in [-0.1, -0.05) is 33.6 Å². The molecule has 3 atom stereocenters. The fourth-order valence-corrected chi connectivity index (χ4v) is 2.74. The van der Waals surface area contributed by atoms with Gasteiger partial charge in [-0.2, -0.15) is 0 Å². The third-order valence-electron chi connectivity index (χ3n) is 3.92. The summed E-state index contributed by atoms with van der Waals surface area (Å²) in [5.74, 6) is 0.851. The zero-order chi connectivity index (χ0) is 12.0. The van der Waals surface area contributed by atoms with Crippen LogP contribution in [0, 0.1) is 5.92 Å². The Balaban J connectivity index is 2.46. The molecular weight excluding hydrogens is 198 g/mol. The van der Waals surface area contributed by atoms with E-state index in [2.05, 4.69) is 33.0 Å². The van der Waals surface area contributed by atoms with Gasteiger partial charge in [-0.3, -0.25) is 0 Å². The first-order valence-corrected chi connectivity index (χ1v) is 7.10. The van der Waals surface area contributed by atoms with Gasteiger partial charge in [-0.15, -0.1) is 0 Å². The Labute approximate surface area is 101 Å². The quantitative estimate of drug-likeness (QED) is 0.720. The second-order valence-corrected chi connectivity index (χ2v) is 5.14. The van der Waals surface area contributed by atoms with Gasteiger partial charge in [0.25, 0.3) is 0 Å². The molecule has 0 aromatic carbocycles. The molecule has 1 aliphatic heterocycles. The number of nitrogens with one attached hydrogen (secondary N) is 1. The monoisotopic (exact) mass is 227 g/mol. The molecule has 16 heavy (non-hydrogen) atoms. The van der Waals surface area contributed by atoms with Gasteiger partial charge in [-0.25, -0.2) is 0 Å². The van der Waals surface area contributed by atoms with Crippen LogP contribution in [0.15, 0.2) is 0 Å². The van der Waals surface area contributed by atoms with E-state index in [1.807, 2.05) is 0 Å². The Hall–Kier alpha value is -0.0800. The minimum atomic E-state index is 0.454. The average molecular weight is 227 g/mol. The zero-order valence-corrected chi connectivity index (χ0v) is 11.5. The zero-order valence-electron chi connectivity index (χ0n) is 11.5. The summed E-state index contributed by atoms with van der Waals surface area (Å²) in [5, 5.41) is 3.62. The van der Waals surface area contributed by atoms with Crippen LogP contribution in [0.1, 0.15) is 59.8 Å². The van der Waals surface area contributed by atoms with Crippen LogP contribution in [0.4, 0.5) is 0 Å². The second kappa shape index (κ2) is 7.29. The van der Waals surface area contributed by atoms with Crippen LogP contribution < -0.4 is 5.32 Å². The van der Waals surface area contributed by atoms with Crippen molar-refractivity contribution in [3.63, 3.8) is 0 Å². The maximum absolute atomic E-state index is 6.00. The van der Waals surface area contributed by atoms with Crippen LogP contribution >= 0.6 is 0 Å². The van der Waals surface area contributed by atoms with Gasteiger partial charge < -0.3 is 10.1 Å². The average Bonchev–Trinajstić information content (AvgIpc) is 2.71. The number of likely N-dealkylation sites (N-methyl/N-ethyl adjacent to an activating group) is 1. The number of hydrogen-bond donors (Lipinski definition) is 1. The maximum Gasteiger partial charge on any atom is 0.0732 e. The minimum absolute atomic E-state index is 0.454. The molecule has 2 nitrogen and oxygen atoms in total. The lowest BCUT2D eigenvalue weighted by Crippen LogP contribution is -2.41. The van der Waals surface area contributed by atoms with Gasteiger partial charge in [0.15, 0.2) is 0 Å². The third kappa shape index (κ3) is 4.06. The molecule has 0 spiro atoms. The van der Waals surface area contributed by atoms with E-state index in [9.17, 15) is 0 Å². The van der Waals surface area contributed by atoms with E-state index in [0.717, 1.165) is 12.5 Å². The van der Waals surface area contributed by atoms with Gasteiger partial charge in [0.2, 0.25) is 0 Å². The van der Waals surface area contributed by atoms with Crippen molar-refractivity contribution in [2.45, 2.75) is 78.0 Å². The van der Waals surface area contributed by atoms with Crippen molar-refractivity contribution in [3.05, 3.63) is 0 Å². The molecule has 0 saturated carbocycles. The van der Waals surface area contributed by atoms with Crippen molar-refractivity contribution in [1.29, 1.82) is 0 Å². The molecule has 1 saturated heterocycles. The van der Waals surface area contributed by atoms with Crippen molar-refractivity contribution in [1.82, 2.24) is 5.32 Å². The second-order valence-electron chi connectivity index (χ2n) is 5.14. The summed E-state index contributed by atoms with van der Waals surface area (Å²) in [6.45, 7) is 10.0. The molecule has 1 fully saturated rings. The first kappa shape index (κ1) is 14.0. The number of rotatable bonds is 7. The summed E-state index contributed by atoms with van der Waals surface area (Å²) in [4.78, 5) is 0. The Morgan fingerprint density at radius 3 is 2.31 bits per heavy atom. The maximum atomic E-state index is 6.00. The van der Waals surface area contributed by atoms with Crippen molar-refractivity contribution in [2.24, 2.45) is 5.92 Å². The first-order chi connectivity index (χ1) is 7.71. The molecule has 0 aliphatic carbocycles. The summed E-state index contributed by atoms with van der Waals surface area (Å²) in [6, 6.07) is 0.569. The smallest absolute Gasteiger partial charge is 0.0732 e. The number of hydrogen-bond acceptors (Lipinski definition) is 2. The molecule has 0 radical (unpaired) electrons. The highest BCUT2D eigenvalue weighted by atomic mass is 16.5. The summed E-state index contributed by atoms with van der Waals surface area (Å²) in [5.41, 5.74) is 0. The molecule has 96 valence electrons. The van der Waals surface area contributed by atoms with Crippen LogP contribution in [0.2, 0.25) is 0 Å². The van der Waals surface area contributed by atoms with Crippen LogP contribution in [-0.4, -0.2) is 24.8 Å². The Morgan fingerprint density at radius 1 is 1.19 bits per heavy atom. The van der Waals surface area contributed by atoms with Gasteiger partial charge in [0, 0.05) is 6.04 Å². The molecular formula is C14H29NO. The molecule has 0 amide bonds. The fourth-order valence-electron chi connectivity index (χ4n) is 2.74. The first-order valence-electron chi connectivity index (χ1n) is 7.10. The molecule has 2 heteroatoms. The van der Waals surface area contributed by atoms with E-state index in [1.165, 1.54) is 32.1 Å². The van der Waals surface area contributed by atoms with E-state index >= 15 is 0 Å². The largest absolute Gasteiger partial charge is 0.374 e. The van der Waals surface area contributed by atoms with E-state index in [-0.39, 0.29) is 0 Å². The molecule has 0 aromatic heterocycles. The van der Waals surface area contributed by atoms with E-state index < -0.39 is 0 Å². The van der Waals surface area contributed by atoms with Gasteiger partial charge in [0.05, 0.1) is 12.2 Å². The Kier molecular flexibility index (Phi) is 6.37. The lowest BCUT2D eigenvalue weighted by molar-refractivity contribution is 0.0262. The third-order valence-corrected chi connectivity index (χ3v) is 3.92. The molecule has 1 N–H and O–H groups in total. The topological polar surface area (TPSA) is 21.3 Å². The Morgan fingerprint density at radius 2 is 1.88 bits per heavy atom. The summed E-state index contributed by atoms with van der Waals surface area (Å²) in [7, 11) is 0. The number of ether oxygens (including phenoxy) is 1. The highest BCUT2D eigenvalue weighted by Crippen LogP contribution is 2.26. The van der Waals surface area contributed by atoms with E-state index in [0.29, 0.717) is 18.2 Å². The van der Waals surface area contributed by atoms with Crippen LogP contribution in [-0.2, 0) is 4.74 Å². The minimum Gasteiger partial charge on any atom is -0.374 e. The molecule has 0 bridgehead atoms. The molecule has 0 aromatic rings. The molecule has 1 aliphatic rings. The highest BCUT2D eigenvalue weighted by molar-refractivity contribution is 4.84.